The molecule has 0 saturated carbocycles. The van der Waals surface area contributed by atoms with E-state index in [1.165, 1.54) is 5.57 Å². The van der Waals surface area contributed by atoms with Crippen molar-refractivity contribution in [2.24, 2.45) is 0 Å². The predicted octanol–water partition coefficient (Wildman–Crippen LogP) is 0.219. The molecule has 2 N–H and O–H groups in total. The van der Waals surface area contributed by atoms with Crippen molar-refractivity contribution >= 4 is 0 Å². The molecular formula is C10H20N2O. The molecule has 0 aromatic rings. The van der Waals surface area contributed by atoms with Crippen molar-refractivity contribution in [1.82, 2.24) is 10.2 Å². The maximum absolute atomic E-state index is 9.50. The summed E-state index contributed by atoms with van der Waals surface area (Å²) in [5.41, 5.74) is 1.34. The van der Waals surface area contributed by atoms with Crippen molar-refractivity contribution < 1.29 is 5.11 Å². The second kappa shape index (κ2) is 5.37. The van der Waals surface area contributed by atoms with Crippen molar-refractivity contribution in [3.8, 4) is 0 Å². The third kappa shape index (κ3) is 4.41. The topological polar surface area (TPSA) is 35.5 Å². The summed E-state index contributed by atoms with van der Waals surface area (Å²) in [5.74, 6) is 0. The molecule has 1 unspecified atom stereocenters. The molecule has 1 rings (SSSR count). The molecule has 1 atom stereocenters. The number of rotatable bonds is 2. The van der Waals surface area contributed by atoms with Gasteiger partial charge in [0.15, 0.2) is 0 Å². The second-order valence-electron chi connectivity index (χ2n) is 3.90. The normalized spacial score (nSPS) is 25.3. The van der Waals surface area contributed by atoms with Gasteiger partial charge >= 0.3 is 0 Å². The zero-order valence-electron chi connectivity index (χ0n) is 8.58. The van der Waals surface area contributed by atoms with Gasteiger partial charge in [-0.3, -0.25) is 4.90 Å². The SMILES string of the molecule is CC(C)=CCN1CCNCC(O)C1. The monoisotopic (exact) mass is 184 g/mol. The van der Waals surface area contributed by atoms with E-state index in [2.05, 4.69) is 30.1 Å². The van der Waals surface area contributed by atoms with Gasteiger partial charge < -0.3 is 10.4 Å². The quantitative estimate of drug-likeness (QED) is 0.603. The van der Waals surface area contributed by atoms with Crippen LogP contribution in [0.1, 0.15) is 13.8 Å². The molecule has 1 aliphatic heterocycles. The summed E-state index contributed by atoms with van der Waals surface area (Å²) in [6, 6.07) is 0. The average Bonchev–Trinajstić information content (AvgIpc) is 2.26. The molecule has 3 nitrogen and oxygen atoms in total. The van der Waals surface area contributed by atoms with Gasteiger partial charge in [0.25, 0.3) is 0 Å². The van der Waals surface area contributed by atoms with Crippen LogP contribution in [0.25, 0.3) is 0 Å². The van der Waals surface area contributed by atoms with E-state index in [4.69, 9.17) is 0 Å². The molecule has 0 bridgehead atoms. The molecule has 0 aliphatic carbocycles. The number of nitrogens with one attached hydrogen (secondary N) is 1. The van der Waals surface area contributed by atoms with E-state index in [9.17, 15) is 5.11 Å². The van der Waals surface area contributed by atoms with Crippen molar-refractivity contribution in [3.63, 3.8) is 0 Å². The van der Waals surface area contributed by atoms with E-state index < -0.39 is 0 Å². The van der Waals surface area contributed by atoms with Crippen molar-refractivity contribution in [1.29, 1.82) is 0 Å². The summed E-state index contributed by atoms with van der Waals surface area (Å²) in [5, 5.41) is 12.7. The Hall–Kier alpha value is -0.380. The van der Waals surface area contributed by atoms with E-state index in [1.54, 1.807) is 0 Å². The van der Waals surface area contributed by atoms with Crippen LogP contribution in [0.3, 0.4) is 0 Å². The zero-order valence-corrected chi connectivity index (χ0v) is 8.58. The van der Waals surface area contributed by atoms with Gasteiger partial charge in [-0.2, -0.15) is 0 Å². The van der Waals surface area contributed by atoms with E-state index in [-0.39, 0.29) is 6.10 Å². The van der Waals surface area contributed by atoms with Crippen LogP contribution in [0.4, 0.5) is 0 Å². The molecule has 76 valence electrons. The molecule has 0 radical (unpaired) electrons. The molecule has 1 heterocycles. The molecule has 0 aromatic carbocycles. The largest absolute Gasteiger partial charge is 0.390 e. The van der Waals surface area contributed by atoms with Crippen LogP contribution >= 0.6 is 0 Å². The standard InChI is InChI=1S/C10H20N2O/c1-9(2)3-5-12-6-4-11-7-10(13)8-12/h3,10-11,13H,4-8H2,1-2H3. The van der Waals surface area contributed by atoms with Crippen LogP contribution in [0.2, 0.25) is 0 Å². The molecular weight excluding hydrogens is 164 g/mol. The van der Waals surface area contributed by atoms with Crippen LogP contribution in [0, 0.1) is 0 Å². The lowest BCUT2D eigenvalue weighted by Gasteiger charge is -2.19. The molecule has 1 fully saturated rings. The number of hydrogen-bond donors (Lipinski definition) is 2. The van der Waals surface area contributed by atoms with Gasteiger partial charge in [-0.05, 0) is 13.8 Å². The lowest BCUT2D eigenvalue weighted by molar-refractivity contribution is 0.136. The Morgan fingerprint density at radius 3 is 3.08 bits per heavy atom. The maximum atomic E-state index is 9.50. The van der Waals surface area contributed by atoms with E-state index in [1.807, 2.05) is 0 Å². The molecule has 0 amide bonds. The van der Waals surface area contributed by atoms with E-state index >= 15 is 0 Å². The Bertz CT molecular complexity index is 176. The Morgan fingerprint density at radius 1 is 1.62 bits per heavy atom. The highest BCUT2D eigenvalue weighted by atomic mass is 16.3. The summed E-state index contributed by atoms with van der Waals surface area (Å²) >= 11 is 0. The summed E-state index contributed by atoms with van der Waals surface area (Å²) in [7, 11) is 0. The second-order valence-corrected chi connectivity index (χ2v) is 3.90. The summed E-state index contributed by atoms with van der Waals surface area (Å²) in [6.45, 7) is 8.69. The fourth-order valence-corrected chi connectivity index (χ4v) is 1.44. The van der Waals surface area contributed by atoms with Crippen LogP contribution in [-0.2, 0) is 0 Å². The third-order valence-electron chi connectivity index (χ3n) is 2.21. The summed E-state index contributed by atoms with van der Waals surface area (Å²) < 4.78 is 0. The minimum Gasteiger partial charge on any atom is -0.390 e. The highest BCUT2D eigenvalue weighted by Gasteiger charge is 2.13. The first-order valence-electron chi connectivity index (χ1n) is 4.93. The highest BCUT2D eigenvalue weighted by Crippen LogP contribution is 1.98. The minimum atomic E-state index is -0.215. The van der Waals surface area contributed by atoms with E-state index in [0.29, 0.717) is 0 Å². The van der Waals surface area contributed by atoms with Crippen molar-refractivity contribution in [2.75, 3.05) is 32.7 Å². The Labute approximate surface area is 80.4 Å². The molecule has 0 aromatic heterocycles. The lowest BCUT2D eigenvalue weighted by Crippen LogP contribution is -2.32. The number of allylic oxidation sites excluding steroid dienone is 1. The van der Waals surface area contributed by atoms with Crippen LogP contribution in [0.15, 0.2) is 11.6 Å². The first kappa shape index (κ1) is 10.7. The fraction of sp³-hybridized carbons (Fsp3) is 0.800. The minimum absolute atomic E-state index is 0.215. The number of aliphatic hydroxyl groups excluding tert-OH is 1. The molecule has 1 aliphatic rings. The van der Waals surface area contributed by atoms with Crippen molar-refractivity contribution in [3.05, 3.63) is 11.6 Å². The van der Waals surface area contributed by atoms with Gasteiger partial charge in [0, 0.05) is 32.7 Å². The number of β-amino-alcohol motifs (C(OH)–C–C–N with tert-alkyl or cyclic N) is 1. The van der Waals surface area contributed by atoms with Gasteiger partial charge in [0.1, 0.15) is 0 Å². The Balaban J connectivity index is 2.35. The molecule has 3 heteroatoms. The van der Waals surface area contributed by atoms with E-state index in [0.717, 1.165) is 32.7 Å². The van der Waals surface area contributed by atoms with Gasteiger partial charge in [0.05, 0.1) is 6.10 Å². The highest BCUT2D eigenvalue weighted by molar-refractivity contribution is 4.95. The van der Waals surface area contributed by atoms with Gasteiger partial charge in [-0.25, -0.2) is 0 Å². The average molecular weight is 184 g/mol. The predicted molar refractivity (Wildman–Crippen MR) is 54.7 cm³/mol. The van der Waals surface area contributed by atoms with Crippen molar-refractivity contribution in [2.45, 2.75) is 20.0 Å². The summed E-state index contributed by atoms with van der Waals surface area (Å²) in [6.07, 6.45) is 1.99. The van der Waals surface area contributed by atoms with Crippen LogP contribution < -0.4 is 5.32 Å². The first-order chi connectivity index (χ1) is 6.18. The van der Waals surface area contributed by atoms with Crippen LogP contribution in [-0.4, -0.2) is 48.8 Å². The fourth-order valence-electron chi connectivity index (χ4n) is 1.44. The third-order valence-corrected chi connectivity index (χ3v) is 2.21. The maximum Gasteiger partial charge on any atom is 0.0791 e. The number of nitrogens with zero attached hydrogens (tertiary/aromatic N) is 1. The van der Waals surface area contributed by atoms with Crippen LogP contribution in [0.5, 0.6) is 0 Å². The molecule has 0 spiro atoms. The molecule has 13 heavy (non-hydrogen) atoms. The number of aliphatic hydroxyl groups is 1. The molecule has 1 saturated heterocycles. The summed E-state index contributed by atoms with van der Waals surface area (Å²) in [4.78, 5) is 2.28. The van der Waals surface area contributed by atoms with Gasteiger partial charge in [0.2, 0.25) is 0 Å². The van der Waals surface area contributed by atoms with Gasteiger partial charge in [-0.15, -0.1) is 0 Å². The smallest absolute Gasteiger partial charge is 0.0791 e. The van der Waals surface area contributed by atoms with Gasteiger partial charge in [-0.1, -0.05) is 11.6 Å². The Kier molecular flexibility index (Phi) is 4.42. The lowest BCUT2D eigenvalue weighted by atomic mass is 10.3. The Morgan fingerprint density at radius 2 is 2.38 bits per heavy atom. The number of hydrogen-bond acceptors (Lipinski definition) is 3. The first-order valence-corrected chi connectivity index (χ1v) is 4.93. The zero-order chi connectivity index (χ0) is 9.68.